The van der Waals surface area contributed by atoms with Crippen LogP contribution in [-0.4, -0.2) is 60.9 Å². The van der Waals surface area contributed by atoms with E-state index in [4.69, 9.17) is 5.73 Å². The van der Waals surface area contributed by atoms with Crippen LogP contribution in [0.25, 0.3) is 0 Å². The van der Waals surface area contributed by atoms with E-state index in [1.807, 2.05) is 11.8 Å². The smallest absolute Gasteiger partial charge is 0.407 e. The van der Waals surface area contributed by atoms with Gasteiger partial charge >= 0.3 is 6.09 Å². The van der Waals surface area contributed by atoms with Crippen LogP contribution >= 0.6 is 0 Å². The van der Waals surface area contributed by atoms with Crippen LogP contribution in [-0.2, 0) is 9.53 Å². The van der Waals surface area contributed by atoms with Gasteiger partial charge in [-0.05, 0) is 18.8 Å². The van der Waals surface area contributed by atoms with Gasteiger partial charge < -0.3 is 20.9 Å². The second-order valence-electron chi connectivity index (χ2n) is 4.96. The number of carbonyl (C=O) groups excluding carboxylic acids is 2. The number of carbonyl (C=O) groups is 2. The number of likely N-dealkylation sites (tertiary alicyclic amines) is 1. The number of hydrogen-bond donors (Lipinski definition) is 3. The summed E-state index contributed by atoms with van der Waals surface area (Å²) in [6, 6.07) is -0.147. The first-order valence-corrected chi connectivity index (χ1v) is 6.49. The topological polar surface area (TPSA) is 105 Å². The highest BCUT2D eigenvalue weighted by molar-refractivity contribution is 5.76. The molecule has 19 heavy (non-hydrogen) atoms. The fraction of sp³-hybridized carbons (Fsp3) is 0.833. The maximum Gasteiger partial charge on any atom is 0.407 e. The third-order valence-electron chi connectivity index (χ3n) is 3.41. The maximum atomic E-state index is 11.2. The van der Waals surface area contributed by atoms with Crippen molar-refractivity contribution >= 4 is 12.0 Å². The van der Waals surface area contributed by atoms with E-state index in [1.54, 1.807) is 0 Å². The summed E-state index contributed by atoms with van der Waals surface area (Å²) in [6.07, 6.45) is 0.354. The van der Waals surface area contributed by atoms with Crippen molar-refractivity contribution in [1.82, 2.24) is 10.2 Å². The molecule has 4 N–H and O–H groups in total. The Morgan fingerprint density at radius 1 is 1.53 bits per heavy atom. The van der Waals surface area contributed by atoms with E-state index < -0.39 is 18.1 Å². The number of piperidine rings is 1. The lowest BCUT2D eigenvalue weighted by Gasteiger charge is -2.39. The summed E-state index contributed by atoms with van der Waals surface area (Å²) in [5.74, 6) is -0.399. The van der Waals surface area contributed by atoms with Crippen LogP contribution in [0, 0.1) is 5.92 Å². The van der Waals surface area contributed by atoms with E-state index in [2.05, 4.69) is 10.1 Å². The normalized spacial score (nSPS) is 25.6. The Kier molecular flexibility index (Phi) is 6.04. The monoisotopic (exact) mass is 273 g/mol. The second kappa shape index (κ2) is 7.30. The van der Waals surface area contributed by atoms with Crippen molar-refractivity contribution in [2.75, 3.05) is 26.7 Å². The Bertz CT molecular complexity index is 324. The minimum absolute atomic E-state index is 0.0141. The average molecular weight is 273 g/mol. The molecule has 0 saturated carbocycles. The molecule has 0 aromatic heterocycles. The molecule has 1 rings (SSSR count). The number of nitrogens with one attached hydrogen (secondary N) is 1. The van der Waals surface area contributed by atoms with Crippen molar-refractivity contribution in [2.45, 2.75) is 31.9 Å². The molecule has 0 radical (unpaired) electrons. The van der Waals surface area contributed by atoms with Gasteiger partial charge in [-0.25, -0.2) is 4.79 Å². The second-order valence-corrected chi connectivity index (χ2v) is 4.96. The van der Waals surface area contributed by atoms with Crippen LogP contribution in [0.3, 0.4) is 0 Å². The number of ether oxygens (including phenoxy) is 1. The summed E-state index contributed by atoms with van der Waals surface area (Å²) < 4.78 is 4.57. The average Bonchev–Trinajstić information content (AvgIpc) is 2.36. The lowest BCUT2D eigenvalue weighted by atomic mass is 9.88. The Morgan fingerprint density at radius 2 is 2.21 bits per heavy atom. The zero-order valence-electron chi connectivity index (χ0n) is 11.5. The Hall–Kier alpha value is -1.34. The number of hydrogen-bond acceptors (Lipinski definition) is 5. The standard InChI is InChI=1S/C12H23N3O4/c1-3-10(16)8-4-9(14-12(18)19-2)6-15(5-8)7-11(13)17/h8-10,16H,3-7H2,1-2H3,(H2,13,17)(H,14,18). The molecule has 7 nitrogen and oxygen atoms in total. The van der Waals surface area contributed by atoms with Gasteiger partial charge in [-0.1, -0.05) is 6.92 Å². The van der Waals surface area contributed by atoms with Gasteiger partial charge in [0.15, 0.2) is 0 Å². The van der Waals surface area contributed by atoms with Crippen molar-refractivity contribution in [1.29, 1.82) is 0 Å². The molecule has 3 unspecified atom stereocenters. The number of alkyl carbamates (subject to hydrolysis) is 1. The molecule has 1 aliphatic rings. The summed E-state index contributed by atoms with van der Waals surface area (Å²) in [5.41, 5.74) is 5.20. The molecule has 0 aromatic carbocycles. The molecule has 0 bridgehead atoms. The van der Waals surface area contributed by atoms with Crippen LogP contribution in [0.15, 0.2) is 0 Å². The van der Waals surface area contributed by atoms with Crippen LogP contribution in [0.5, 0.6) is 0 Å². The number of aliphatic hydroxyl groups excluding tert-OH is 1. The van der Waals surface area contributed by atoms with Gasteiger partial charge in [0.25, 0.3) is 0 Å². The summed E-state index contributed by atoms with van der Waals surface area (Å²) in [4.78, 5) is 24.1. The van der Waals surface area contributed by atoms with Gasteiger partial charge in [-0.2, -0.15) is 0 Å². The van der Waals surface area contributed by atoms with Crippen LogP contribution in [0.2, 0.25) is 0 Å². The quantitative estimate of drug-likeness (QED) is 0.613. The molecular formula is C12H23N3O4. The summed E-state index contributed by atoms with van der Waals surface area (Å²) >= 11 is 0. The summed E-state index contributed by atoms with van der Waals surface area (Å²) in [6.45, 7) is 3.18. The number of amides is 2. The highest BCUT2D eigenvalue weighted by Crippen LogP contribution is 2.21. The number of nitrogens with zero attached hydrogens (tertiary/aromatic N) is 1. The highest BCUT2D eigenvalue weighted by Gasteiger charge is 2.32. The first-order valence-electron chi connectivity index (χ1n) is 6.49. The number of aliphatic hydroxyl groups is 1. The largest absolute Gasteiger partial charge is 0.453 e. The van der Waals surface area contributed by atoms with Crippen LogP contribution < -0.4 is 11.1 Å². The maximum absolute atomic E-state index is 11.2. The molecule has 110 valence electrons. The molecule has 7 heteroatoms. The SMILES string of the molecule is CCC(O)C1CC(NC(=O)OC)CN(CC(N)=O)C1. The Morgan fingerprint density at radius 3 is 2.74 bits per heavy atom. The first kappa shape index (κ1) is 15.7. The number of methoxy groups -OCH3 is 1. The lowest BCUT2D eigenvalue weighted by Crippen LogP contribution is -2.54. The Balaban J connectivity index is 2.65. The van der Waals surface area contributed by atoms with E-state index in [0.29, 0.717) is 25.9 Å². The third-order valence-corrected chi connectivity index (χ3v) is 3.41. The van der Waals surface area contributed by atoms with Gasteiger partial charge in [0.1, 0.15) is 0 Å². The van der Waals surface area contributed by atoms with E-state index >= 15 is 0 Å². The molecule has 3 atom stereocenters. The van der Waals surface area contributed by atoms with Crippen molar-refractivity contribution < 1.29 is 19.4 Å². The fourth-order valence-electron chi connectivity index (χ4n) is 2.52. The van der Waals surface area contributed by atoms with Gasteiger partial charge in [-0.15, -0.1) is 0 Å². The van der Waals surface area contributed by atoms with E-state index in [1.165, 1.54) is 7.11 Å². The van der Waals surface area contributed by atoms with Crippen LogP contribution in [0.4, 0.5) is 4.79 Å². The van der Waals surface area contributed by atoms with Crippen LogP contribution in [0.1, 0.15) is 19.8 Å². The molecule has 1 saturated heterocycles. The van der Waals surface area contributed by atoms with Gasteiger partial charge in [0.05, 0.1) is 19.8 Å². The first-order chi connectivity index (χ1) is 8.96. The zero-order valence-corrected chi connectivity index (χ0v) is 11.5. The molecule has 0 spiro atoms. The van der Waals surface area contributed by atoms with Gasteiger partial charge in [0.2, 0.25) is 5.91 Å². The zero-order chi connectivity index (χ0) is 14.4. The molecule has 1 fully saturated rings. The van der Waals surface area contributed by atoms with Crippen molar-refractivity contribution in [3.8, 4) is 0 Å². The van der Waals surface area contributed by atoms with E-state index in [9.17, 15) is 14.7 Å². The highest BCUT2D eigenvalue weighted by atomic mass is 16.5. The van der Waals surface area contributed by atoms with Gasteiger partial charge in [0, 0.05) is 19.1 Å². The molecule has 0 aliphatic carbocycles. The van der Waals surface area contributed by atoms with E-state index in [0.717, 1.165) is 0 Å². The number of nitrogens with two attached hydrogens (primary N) is 1. The molecule has 2 amide bonds. The van der Waals surface area contributed by atoms with Crippen molar-refractivity contribution in [3.05, 3.63) is 0 Å². The summed E-state index contributed by atoms with van der Waals surface area (Å²) in [5, 5.41) is 12.7. The summed E-state index contributed by atoms with van der Waals surface area (Å²) in [7, 11) is 1.30. The fourth-order valence-corrected chi connectivity index (χ4v) is 2.52. The molecule has 0 aromatic rings. The minimum atomic E-state index is -0.504. The number of rotatable bonds is 5. The predicted molar refractivity (Wildman–Crippen MR) is 69.4 cm³/mol. The van der Waals surface area contributed by atoms with Crippen molar-refractivity contribution in [2.24, 2.45) is 11.7 Å². The van der Waals surface area contributed by atoms with E-state index in [-0.39, 0.29) is 18.5 Å². The van der Waals surface area contributed by atoms with Gasteiger partial charge in [-0.3, -0.25) is 9.69 Å². The van der Waals surface area contributed by atoms with Crippen molar-refractivity contribution in [3.63, 3.8) is 0 Å². The molecule has 1 heterocycles. The molecule has 1 aliphatic heterocycles. The lowest BCUT2D eigenvalue weighted by molar-refractivity contribution is -0.120. The predicted octanol–water partition coefficient (Wildman–Crippen LogP) is -0.711. The minimum Gasteiger partial charge on any atom is -0.453 e. The Labute approximate surface area is 113 Å². The third kappa shape index (κ3) is 5.04. The number of primary amides is 1. The molecular weight excluding hydrogens is 250 g/mol.